The van der Waals surface area contributed by atoms with E-state index in [2.05, 4.69) is 25.4 Å². The zero-order chi connectivity index (χ0) is 17.9. The SMILES string of the molecule is O=C(CN1CCC(c2nc(-c3ccccc3)n[nH]2)CC1)N1CCNC1=O. The Morgan fingerprint density at radius 2 is 1.92 bits per heavy atom. The first-order valence-corrected chi connectivity index (χ1v) is 8.99. The number of aromatic nitrogens is 3. The number of piperidine rings is 1. The highest BCUT2D eigenvalue weighted by molar-refractivity contribution is 5.96. The summed E-state index contributed by atoms with van der Waals surface area (Å²) < 4.78 is 0. The summed E-state index contributed by atoms with van der Waals surface area (Å²) in [5.74, 6) is 1.83. The van der Waals surface area contributed by atoms with E-state index in [-0.39, 0.29) is 11.9 Å². The lowest BCUT2D eigenvalue weighted by atomic mass is 9.96. The van der Waals surface area contributed by atoms with Crippen LogP contribution in [0.2, 0.25) is 0 Å². The van der Waals surface area contributed by atoms with Crippen molar-refractivity contribution in [2.45, 2.75) is 18.8 Å². The minimum absolute atomic E-state index is 0.121. The number of hydrogen-bond donors (Lipinski definition) is 2. The van der Waals surface area contributed by atoms with Crippen molar-refractivity contribution in [2.75, 3.05) is 32.7 Å². The monoisotopic (exact) mass is 354 g/mol. The normalized spacial score (nSPS) is 18.9. The van der Waals surface area contributed by atoms with Crippen molar-refractivity contribution in [2.24, 2.45) is 0 Å². The molecule has 3 amide bonds. The molecule has 0 atom stereocenters. The quantitative estimate of drug-likeness (QED) is 0.860. The largest absolute Gasteiger partial charge is 0.336 e. The van der Waals surface area contributed by atoms with Gasteiger partial charge in [0, 0.05) is 24.6 Å². The average Bonchev–Trinajstić information content (AvgIpc) is 3.32. The van der Waals surface area contributed by atoms with Crippen LogP contribution in [0, 0.1) is 0 Å². The summed E-state index contributed by atoms with van der Waals surface area (Å²) in [6.07, 6.45) is 1.84. The van der Waals surface area contributed by atoms with Gasteiger partial charge >= 0.3 is 6.03 Å². The first kappa shape index (κ1) is 16.7. The second-order valence-electron chi connectivity index (χ2n) is 6.74. The number of likely N-dealkylation sites (tertiary alicyclic amines) is 1. The van der Waals surface area contributed by atoms with Crippen LogP contribution in [0.25, 0.3) is 11.4 Å². The number of nitrogens with zero attached hydrogens (tertiary/aromatic N) is 4. The van der Waals surface area contributed by atoms with Gasteiger partial charge < -0.3 is 5.32 Å². The van der Waals surface area contributed by atoms with Gasteiger partial charge in [0.1, 0.15) is 5.82 Å². The summed E-state index contributed by atoms with van der Waals surface area (Å²) in [5, 5.41) is 10.1. The Morgan fingerprint density at radius 1 is 1.15 bits per heavy atom. The van der Waals surface area contributed by atoms with E-state index in [1.807, 2.05) is 30.3 Å². The van der Waals surface area contributed by atoms with Crippen molar-refractivity contribution in [3.8, 4) is 11.4 Å². The van der Waals surface area contributed by atoms with Crippen LogP contribution in [0.1, 0.15) is 24.6 Å². The lowest BCUT2D eigenvalue weighted by molar-refractivity contribution is -0.129. The van der Waals surface area contributed by atoms with E-state index >= 15 is 0 Å². The van der Waals surface area contributed by atoms with Crippen LogP contribution >= 0.6 is 0 Å². The number of H-pyrrole nitrogens is 1. The Labute approximate surface area is 151 Å². The smallest absolute Gasteiger partial charge is 0.324 e. The number of nitrogens with one attached hydrogen (secondary N) is 2. The summed E-state index contributed by atoms with van der Waals surface area (Å²) in [5.41, 5.74) is 1.00. The van der Waals surface area contributed by atoms with Crippen LogP contribution in [0.3, 0.4) is 0 Å². The molecule has 2 aliphatic heterocycles. The number of rotatable bonds is 4. The topological polar surface area (TPSA) is 94.2 Å². The highest BCUT2D eigenvalue weighted by Crippen LogP contribution is 2.27. The predicted octanol–water partition coefficient (Wildman–Crippen LogP) is 1.20. The van der Waals surface area contributed by atoms with Crippen LogP contribution in [0.15, 0.2) is 30.3 Å². The van der Waals surface area contributed by atoms with E-state index in [0.29, 0.717) is 25.6 Å². The number of urea groups is 1. The number of imide groups is 1. The van der Waals surface area contributed by atoms with Gasteiger partial charge in [-0.15, -0.1) is 0 Å². The van der Waals surface area contributed by atoms with Crippen molar-refractivity contribution in [1.29, 1.82) is 0 Å². The number of amides is 3. The summed E-state index contributed by atoms with van der Waals surface area (Å²) in [4.78, 5) is 31.9. The molecule has 136 valence electrons. The van der Waals surface area contributed by atoms with E-state index in [0.717, 1.165) is 43.1 Å². The highest BCUT2D eigenvalue weighted by Gasteiger charge is 2.29. The van der Waals surface area contributed by atoms with Gasteiger partial charge in [-0.2, -0.15) is 5.10 Å². The molecule has 2 N–H and O–H groups in total. The van der Waals surface area contributed by atoms with Crippen molar-refractivity contribution < 1.29 is 9.59 Å². The minimum Gasteiger partial charge on any atom is -0.336 e. The summed E-state index contributed by atoms with van der Waals surface area (Å²) in [6.45, 7) is 2.93. The molecular weight excluding hydrogens is 332 g/mol. The molecule has 3 heterocycles. The summed E-state index contributed by atoms with van der Waals surface area (Å²) >= 11 is 0. The molecule has 0 saturated carbocycles. The fourth-order valence-electron chi connectivity index (χ4n) is 3.52. The van der Waals surface area contributed by atoms with Crippen molar-refractivity contribution in [3.63, 3.8) is 0 Å². The molecule has 0 unspecified atom stereocenters. The maximum atomic E-state index is 12.2. The van der Waals surface area contributed by atoms with E-state index < -0.39 is 0 Å². The number of benzene rings is 1. The molecule has 8 heteroatoms. The molecule has 0 radical (unpaired) electrons. The Morgan fingerprint density at radius 3 is 2.62 bits per heavy atom. The van der Waals surface area contributed by atoms with E-state index in [9.17, 15) is 9.59 Å². The molecule has 2 fully saturated rings. The molecule has 2 aromatic rings. The lowest BCUT2D eigenvalue weighted by Gasteiger charge is -2.31. The Hall–Kier alpha value is -2.74. The van der Waals surface area contributed by atoms with Crippen LogP contribution in [-0.4, -0.2) is 69.6 Å². The lowest BCUT2D eigenvalue weighted by Crippen LogP contribution is -2.44. The second kappa shape index (κ2) is 7.25. The maximum Gasteiger partial charge on any atom is 0.324 e. The van der Waals surface area contributed by atoms with Gasteiger partial charge in [-0.3, -0.25) is 19.7 Å². The zero-order valence-electron chi connectivity index (χ0n) is 14.5. The summed E-state index contributed by atoms with van der Waals surface area (Å²) in [7, 11) is 0. The Kier molecular flexibility index (Phi) is 4.66. The van der Waals surface area contributed by atoms with Gasteiger partial charge in [-0.25, -0.2) is 9.78 Å². The van der Waals surface area contributed by atoms with Crippen LogP contribution in [-0.2, 0) is 4.79 Å². The highest BCUT2D eigenvalue weighted by atomic mass is 16.2. The van der Waals surface area contributed by atoms with Crippen LogP contribution in [0.4, 0.5) is 4.79 Å². The third-order valence-corrected chi connectivity index (χ3v) is 5.03. The zero-order valence-corrected chi connectivity index (χ0v) is 14.5. The molecular formula is C18H22N6O2. The number of carbonyl (C=O) groups is 2. The van der Waals surface area contributed by atoms with Crippen LogP contribution in [0.5, 0.6) is 0 Å². The molecule has 0 spiro atoms. The molecule has 2 aliphatic rings. The minimum atomic E-state index is -0.278. The van der Waals surface area contributed by atoms with Gasteiger partial charge in [-0.05, 0) is 25.9 Å². The van der Waals surface area contributed by atoms with Gasteiger partial charge in [0.25, 0.3) is 0 Å². The second-order valence-corrected chi connectivity index (χ2v) is 6.74. The molecule has 4 rings (SSSR count). The molecule has 26 heavy (non-hydrogen) atoms. The first-order chi connectivity index (χ1) is 12.7. The molecule has 2 saturated heterocycles. The van der Waals surface area contributed by atoms with Crippen molar-refractivity contribution in [1.82, 2.24) is 30.3 Å². The van der Waals surface area contributed by atoms with Gasteiger partial charge in [0.2, 0.25) is 5.91 Å². The number of carbonyl (C=O) groups excluding carboxylic acids is 2. The van der Waals surface area contributed by atoms with E-state index in [1.165, 1.54) is 4.90 Å². The first-order valence-electron chi connectivity index (χ1n) is 8.99. The number of hydrogen-bond acceptors (Lipinski definition) is 5. The maximum absolute atomic E-state index is 12.2. The van der Waals surface area contributed by atoms with Crippen LogP contribution < -0.4 is 5.32 Å². The molecule has 1 aromatic carbocycles. The van der Waals surface area contributed by atoms with Gasteiger partial charge in [0.15, 0.2) is 5.82 Å². The molecule has 8 nitrogen and oxygen atoms in total. The Bertz CT molecular complexity index is 782. The van der Waals surface area contributed by atoms with Gasteiger partial charge in [0.05, 0.1) is 6.54 Å². The Balaban J connectivity index is 1.32. The molecule has 1 aromatic heterocycles. The molecule has 0 aliphatic carbocycles. The standard InChI is InChI=1S/C18H22N6O2/c25-15(24-11-8-19-18(24)26)12-23-9-6-14(7-10-23)17-20-16(21-22-17)13-4-2-1-3-5-13/h1-5,14H,6-12H2,(H,19,26)(H,20,21,22). The summed E-state index contributed by atoms with van der Waals surface area (Å²) in [6, 6.07) is 9.63. The van der Waals surface area contributed by atoms with Crippen molar-refractivity contribution in [3.05, 3.63) is 36.2 Å². The fraction of sp³-hybridized carbons (Fsp3) is 0.444. The predicted molar refractivity (Wildman–Crippen MR) is 95.3 cm³/mol. The number of aromatic amines is 1. The van der Waals surface area contributed by atoms with E-state index in [1.54, 1.807) is 0 Å². The third kappa shape index (κ3) is 3.45. The molecule has 0 bridgehead atoms. The van der Waals surface area contributed by atoms with Crippen molar-refractivity contribution >= 4 is 11.9 Å². The third-order valence-electron chi connectivity index (χ3n) is 5.03. The van der Waals surface area contributed by atoms with Gasteiger partial charge in [-0.1, -0.05) is 30.3 Å². The fourth-order valence-corrected chi connectivity index (χ4v) is 3.52. The average molecular weight is 354 g/mol. The van der Waals surface area contributed by atoms with E-state index in [4.69, 9.17) is 0 Å².